The lowest BCUT2D eigenvalue weighted by Crippen LogP contribution is -2.23. The molecular formula is C11H27N. The third-order valence-electron chi connectivity index (χ3n) is 2.04. The average molecular weight is 173 g/mol. The van der Waals surface area contributed by atoms with Crippen LogP contribution < -0.4 is 5.32 Å². The van der Waals surface area contributed by atoms with Gasteiger partial charge in [0.25, 0.3) is 0 Å². The van der Waals surface area contributed by atoms with Crippen molar-refractivity contribution in [1.29, 1.82) is 0 Å². The Kier molecular flexibility index (Phi) is 16.3. The zero-order valence-corrected chi connectivity index (χ0v) is 9.61. The fraction of sp³-hybridized carbons (Fsp3) is 1.00. The Morgan fingerprint density at radius 1 is 0.917 bits per heavy atom. The highest BCUT2D eigenvalue weighted by atomic mass is 14.9. The van der Waals surface area contributed by atoms with Crippen molar-refractivity contribution in [2.75, 3.05) is 7.05 Å². The summed E-state index contributed by atoms with van der Waals surface area (Å²) in [6.45, 7) is 8.80. The van der Waals surface area contributed by atoms with Crippen LogP contribution in [0.2, 0.25) is 0 Å². The van der Waals surface area contributed by atoms with E-state index in [0.717, 1.165) is 6.04 Å². The summed E-state index contributed by atoms with van der Waals surface area (Å²) in [5, 5.41) is 3.25. The molecule has 1 unspecified atom stereocenters. The molecular weight excluding hydrogens is 146 g/mol. The summed E-state index contributed by atoms with van der Waals surface area (Å²) in [6, 6.07) is 0.750. The van der Waals surface area contributed by atoms with Gasteiger partial charge in [-0.05, 0) is 19.9 Å². The molecule has 76 valence electrons. The first-order valence-corrected chi connectivity index (χ1v) is 5.43. The predicted octanol–water partition coefficient (Wildman–Crippen LogP) is 3.59. The van der Waals surface area contributed by atoms with Crippen LogP contribution in [0.1, 0.15) is 59.8 Å². The summed E-state index contributed by atoms with van der Waals surface area (Å²) in [5.74, 6) is 0. The van der Waals surface area contributed by atoms with Gasteiger partial charge in [0.05, 0.1) is 0 Å². The molecule has 0 aliphatic heterocycles. The molecule has 0 heterocycles. The average Bonchev–Trinajstić information content (AvgIpc) is 2.14. The van der Waals surface area contributed by atoms with Gasteiger partial charge in [0.2, 0.25) is 0 Å². The Hall–Kier alpha value is -0.0400. The van der Waals surface area contributed by atoms with Crippen LogP contribution in [-0.4, -0.2) is 13.1 Å². The molecule has 0 saturated carbocycles. The molecule has 0 amide bonds. The van der Waals surface area contributed by atoms with Crippen LogP contribution >= 0.6 is 0 Å². The molecule has 12 heavy (non-hydrogen) atoms. The molecule has 0 radical (unpaired) electrons. The first kappa shape index (κ1) is 14.5. The van der Waals surface area contributed by atoms with Gasteiger partial charge in [0.15, 0.2) is 0 Å². The fourth-order valence-corrected chi connectivity index (χ4v) is 0.901. The first-order valence-electron chi connectivity index (χ1n) is 5.43. The summed E-state index contributed by atoms with van der Waals surface area (Å²) < 4.78 is 0. The van der Waals surface area contributed by atoms with E-state index in [4.69, 9.17) is 0 Å². The van der Waals surface area contributed by atoms with Crippen LogP contribution in [0.3, 0.4) is 0 Å². The quantitative estimate of drug-likeness (QED) is 0.670. The second-order valence-electron chi connectivity index (χ2n) is 3.18. The number of nitrogens with one attached hydrogen (secondary N) is 1. The van der Waals surface area contributed by atoms with Crippen molar-refractivity contribution in [2.45, 2.75) is 65.8 Å². The van der Waals surface area contributed by atoms with Gasteiger partial charge >= 0.3 is 0 Å². The first-order chi connectivity index (χ1) is 5.76. The summed E-state index contributed by atoms with van der Waals surface area (Å²) in [4.78, 5) is 0. The van der Waals surface area contributed by atoms with E-state index < -0.39 is 0 Å². The smallest absolute Gasteiger partial charge is 0.00613 e. The highest BCUT2D eigenvalue weighted by molar-refractivity contribution is 4.59. The van der Waals surface area contributed by atoms with Gasteiger partial charge in [0.1, 0.15) is 0 Å². The van der Waals surface area contributed by atoms with Crippen LogP contribution in [-0.2, 0) is 0 Å². The zero-order chi connectivity index (χ0) is 9.82. The maximum Gasteiger partial charge on any atom is 0.00613 e. The van der Waals surface area contributed by atoms with E-state index in [1.54, 1.807) is 0 Å². The third kappa shape index (κ3) is 12.6. The van der Waals surface area contributed by atoms with Gasteiger partial charge in [-0.1, -0.05) is 47.0 Å². The van der Waals surface area contributed by atoms with Crippen LogP contribution in [0.5, 0.6) is 0 Å². The maximum absolute atomic E-state index is 3.25. The molecule has 0 aromatic carbocycles. The summed E-state index contributed by atoms with van der Waals surface area (Å²) in [7, 11) is 2.03. The summed E-state index contributed by atoms with van der Waals surface area (Å²) in [5.41, 5.74) is 0. The standard InChI is InChI=1S/C7H17N.C4H10/c1-4-6-7(5-2)8-3;1-3-4-2/h7-8H,4-6H2,1-3H3;3-4H2,1-2H3. The van der Waals surface area contributed by atoms with Crippen molar-refractivity contribution in [3.63, 3.8) is 0 Å². The lowest BCUT2D eigenvalue weighted by molar-refractivity contribution is 0.503. The van der Waals surface area contributed by atoms with Crippen LogP contribution in [0.15, 0.2) is 0 Å². The van der Waals surface area contributed by atoms with Gasteiger partial charge in [-0.15, -0.1) is 0 Å². The summed E-state index contributed by atoms with van der Waals surface area (Å²) in [6.07, 6.45) is 6.50. The monoisotopic (exact) mass is 173 g/mol. The molecule has 0 aliphatic rings. The molecule has 1 atom stereocenters. The molecule has 1 N–H and O–H groups in total. The Morgan fingerprint density at radius 3 is 1.50 bits per heavy atom. The fourth-order valence-electron chi connectivity index (χ4n) is 0.901. The molecule has 1 heteroatoms. The zero-order valence-electron chi connectivity index (χ0n) is 9.61. The van der Waals surface area contributed by atoms with Gasteiger partial charge in [0, 0.05) is 6.04 Å². The van der Waals surface area contributed by atoms with E-state index in [0.29, 0.717) is 0 Å². The predicted molar refractivity (Wildman–Crippen MR) is 58.6 cm³/mol. The van der Waals surface area contributed by atoms with Crippen LogP contribution in [0.25, 0.3) is 0 Å². The molecule has 0 fully saturated rings. The SMILES string of the molecule is CCCC.CCCC(CC)NC. The van der Waals surface area contributed by atoms with Gasteiger partial charge in [-0.3, -0.25) is 0 Å². The van der Waals surface area contributed by atoms with Crippen molar-refractivity contribution in [2.24, 2.45) is 0 Å². The largest absolute Gasteiger partial charge is 0.317 e. The van der Waals surface area contributed by atoms with E-state index in [-0.39, 0.29) is 0 Å². The normalized spacial score (nSPS) is 11.8. The number of hydrogen-bond acceptors (Lipinski definition) is 1. The molecule has 0 aliphatic carbocycles. The minimum Gasteiger partial charge on any atom is -0.317 e. The second kappa shape index (κ2) is 13.5. The number of rotatable bonds is 5. The Balaban J connectivity index is 0. The number of hydrogen-bond donors (Lipinski definition) is 1. The van der Waals surface area contributed by atoms with Crippen molar-refractivity contribution >= 4 is 0 Å². The minimum absolute atomic E-state index is 0.750. The minimum atomic E-state index is 0.750. The van der Waals surface area contributed by atoms with Gasteiger partial charge < -0.3 is 5.32 Å². The highest BCUT2D eigenvalue weighted by Gasteiger charge is 1.97. The van der Waals surface area contributed by atoms with Crippen LogP contribution in [0, 0.1) is 0 Å². The molecule has 1 nitrogen and oxygen atoms in total. The Bertz CT molecular complexity index is 56.0. The Labute approximate surface area is 78.9 Å². The van der Waals surface area contributed by atoms with Gasteiger partial charge in [-0.25, -0.2) is 0 Å². The van der Waals surface area contributed by atoms with Crippen molar-refractivity contribution in [1.82, 2.24) is 5.32 Å². The van der Waals surface area contributed by atoms with E-state index in [9.17, 15) is 0 Å². The molecule has 0 spiro atoms. The third-order valence-corrected chi connectivity index (χ3v) is 2.04. The van der Waals surface area contributed by atoms with E-state index in [1.165, 1.54) is 32.1 Å². The molecule has 0 aromatic rings. The maximum atomic E-state index is 3.25. The van der Waals surface area contributed by atoms with Crippen molar-refractivity contribution in [3.05, 3.63) is 0 Å². The van der Waals surface area contributed by atoms with Gasteiger partial charge in [-0.2, -0.15) is 0 Å². The van der Waals surface area contributed by atoms with E-state index in [2.05, 4.69) is 33.0 Å². The van der Waals surface area contributed by atoms with Crippen molar-refractivity contribution < 1.29 is 0 Å². The lowest BCUT2D eigenvalue weighted by Gasteiger charge is -2.10. The lowest BCUT2D eigenvalue weighted by atomic mass is 10.1. The van der Waals surface area contributed by atoms with E-state index in [1.807, 2.05) is 7.05 Å². The Morgan fingerprint density at radius 2 is 1.42 bits per heavy atom. The second-order valence-corrected chi connectivity index (χ2v) is 3.18. The summed E-state index contributed by atoms with van der Waals surface area (Å²) >= 11 is 0. The molecule has 0 rings (SSSR count). The van der Waals surface area contributed by atoms with E-state index >= 15 is 0 Å². The van der Waals surface area contributed by atoms with Crippen molar-refractivity contribution in [3.8, 4) is 0 Å². The highest BCUT2D eigenvalue weighted by Crippen LogP contribution is 1.98. The molecule has 0 bridgehead atoms. The number of unbranched alkanes of at least 4 members (excludes halogenated alkanes) is 1. The molecule has 0 aromatic heterocycles. The molecule has 0 saturated heterocycles. The van der Waals surface area contributed by atoms with Crippen LogP contribution in [0.4, 0.5) is 0 Å². The topological polar surface area (TPSA) is 12.0 Å².